The van der Waals surface area contributed by atoms with E-state index in [0.29, 0.717) is 32.6 Å². The molecule has 132 valence electrons. The molecule has 0 saturated heterocycles. The monoisotopic (exact) mass is 426 g/mol. The van der Waals surface area contributed by atoms with Crippen LogP contribution in [0, 0.1) is 6.92 Å². The molecule has 0 aromatic carbocycles. The second-order valence-electron chi connectivity index (χ2n) is 5.56. The van der Waals surface area contributed by atoms with E-state index in [4.69, 9.17) is 25.3 Å². The van der Waals surface area contributed by atoms with Gasteiger partial charge in [-0.25, -0.2) is 4.79 Å². The van der Waals surface area contributed by atoms with Gasteiger partial charge in [0.05, 0.1) is 0 Å². The highest BCUT2D eigenvalue weighted by atomic mass is 79.9. The molecule has 2 aromatic rings. The smallest absolute Gasteiger partial charge is 0.412 e. The molecule has 1 aliphatic carbocycles. The van der Waals surface area contributed by atoms with Gasteiger partial charge in [0.25, 0.3) is 0 Å². The summed E-state index contributed by atoms with van der Waals surface area (Å²) in [7, 11) is 0. The van der Waals surface area contributed by atoms with Crippen molar-refractivity contribution in [1.29, 1.82) is 0 Å². The summed E-state index contributed by atoms with van der Waals surface area (Å²) < 4.78 is 16.7. The van der Waals surface area contributed by atoms with Crippen molar-refractivity contribution >= 4 is 39.3 Å². The fraction of sp³-hybridized carbons (Fsp3) is 0.294. The number of furan rings is 1. The van der Waals surface area contributed by atoms with E-state index in [-0.39, 0.29) is 0 Å². The Morgan fingerprint density at radius 1 is 1.48 bits per heavy atom. The molecule has 0 radical (unpaired) electrons. The highest BCUT2D eigenvalue weighted by molar-refractivity contribution is 9.10. The highest BCUT2D eigenvalue weighted by Crippen LogP contribution is 2.33. The molecule has 0 saturated carbocycles. The SMILES string of the molecule is Cc1noc(-c2ccc(Br)o2)c1NC(=O)OC(C)C1=C(Cl)C=CCC1. The van der Waals surface area contributed by atoms with Crippen molar-refractivity contribution in [3.05, 3.63) is 45.3 Å². The average molecular weight is 428 g/mol. The van der Waals surface area contributed by atoms with Crippen LogP contribution in [0.1, 0.15) is 25.5 Å². The van der Waals surface area contributed by atoms with E-state index in [1.807, 2.05) is 12.2 Å². The van der Waals surface area contributed by atoms with Crippen molar-refractivity contribution in [2.45, 2.75) is 32.8 Å². The molecule has 25 heavy (non-hydrogen) atoms. The normalized spacial score (nSPS) is 15.4. The highest BCUT2D eigenvalue weighted by Gasteiger charge is 2.23. The molecule has 1 atom stereocenters. The van der Waals surface area contributed by atoms with Crippen molar-refractivity contribution in [3.63, 3.8) is 0 Å². The van der Waals surface area contributed by atoms with Gasteiger partial charge in [-0.15, -0.1) is 0 Å². The van der Waals surface area contributed by atoms with Crippen LogP contribution in [0.5, 0.6) is 0 Å². The molecule has 0 bridgehead atoms. The Kier molecular flexibility index (Phi) is 5.34. The topological polar surface area (TPSA) is 77.5 Å². The number of aryl methyl sites for hydroxylation is 1. The van der Waals surface area contributed by atoms with Crippen LogP contribution in [-0.4, -0.2) is 17.4 Å². The van der Waals surface area contributed by atoms with Crippen LogP contribution in [0.2, 0.25) is 0 Å². The third-order valence-corrected chi connectivity index (χ3v) is 4.61. The first-order valence-electron chi connectivity index (χ1n) is 7.70. The molecule has 0 aliphatic heterocycles. The number of hydrogen-bond donors (Lipinski definition) is 1. The van der Waals surface area contributed by atoms with E-state index in [9.17, 15) is 4.79 Å². The molecule has 8 heteroatoms. The fourth-order valence-electron chi connectivity index (χ4n) is 2.53. The van der Waals surface area contributed by atoms with Gasteiger partial charge in [0.1, 0.15) is 17.5 Å². The van der Waals surface area contributed by atoms with Crippen molar-refractivity contribution in [3.8, 4) is 11.5 Å². The van der Waals surface area contributed by atoms with Gasteiger partial charge in [-0.2, -0.15) is 0 Å². The molecule has 3 rings (SSSR count). The van der Waals surface area contributed by atoms with Crippen LogP contribution in [0.25, 0.3) is 11.5 Å². The molecule has 2 heterocycles. The van der Waals surface area contributed by atoms with Crippen LogP contribution < -0.4 is 5.32 Å². The molecule has 1 aliphatic rings. The molecule has 1 N–H and O–H groups in total. The molecule has 1 unspecified atom stereocenters. The predicted octanol–water partition coefficient (Wildman–Crippen LogP) is 5.79. The number of rotatable bonds is 4. The zero-order chi connectivity index (χ0) is 18.0. The predicted molar refractivity (Wildman–Crippen MR) is 97.5 cm³/mol. The van der Waals surface area contributed by atoms with Gasteiger partial charge in [0.2, 0.25) is 5.76 Å². The van der Waals surface area contributed by atoms with E-state index in [1.165, 1.54) is 0 Å². The third-order valence-electron chi connectivity index (χ3n) is 3.81. The lowest BCUT2D eigenvalue weighted by Gasteiger charge is -2.19. The zero-order valence-electron chi connectivity index (χ0n) is 13.6. The lowest BCUT2D eigenvalue weighted by Crippen LogP contribution is -2.23. The maximum absolute atomic E-state index is 12.3. The van der Waals surface area contributed by atoms with Gasteiger partial charge in [-0.3, -0.25) is 5.32 Å². The van der Waals surface area contributed by atoms with Crippen molar-refractivity contribution < 1.29 is 18.5 Å². The molecular weight excluding hydrogens is 412 g/mol. The number of amides is 1. The Labute approximate surface area is 158 Å². The maximum Gasteiger partial charge on any atom is 0.412 e. The molecule has 2 aromatic heterocycles. The number of aromatic nitrogens is 1. The van der Waals surface area contributed by atoms with E-state index in [0.717, 1.165) is 18.4 Å². The fourth-order valence-corrected chi connectivity index (χ4v) is 3.18. The van der Waals surface area contributed by atoms with E-state index in [2.05, 4.69) is 26.4 Å². The molecule has 0 fully saturated rings. The quantitative estimate of drug-likeness (QED) is 0.668. The van der Waals surface area contributed by atoms with Gasteiger partial charge in [0.15, 0.2) is 10.4 Å². The number of nitrogens with one attached hydrogen (secondary N) is 1. The van der Waals surface area contributed by atoms with Crippen LogP contribution in [-0.2, 0) is 4.74 Å². The summed E-state index contributed by atoms with van der Waals surface area (Å²) in [6.07, 6.45) is 4.42. The van der Waals surface area contributed by atoms with Crippen molar-refractivity contribution in [2.75, 3.05) is 5.32 Å². The number of carbonyl (C=O) groups excluding carboxylic acids is 1. The summed E-state index contributed by atoms with van der Waals surface area (Å²) in [6, 6.07) is 3.44. The molecular formula is C17H16BrClN2O4. The number of anilines is 1. The Hall–Kier alpha value is -1.99. The summed E-state index contributed by atoms with van der Waals surface area (Å²) in [4.78, 5) is 12.3. The summed E-state index contributed by atoms with van der Waals surface area (Å²) in [5.41, 5.74) is 1.82. The Morgan fingerprint density at radius 2 is 2.28 bits per heavy atom. The number of ether oxygens (including phenoxy) is 1. The first-order valence-corrected chi connectivity index (χ1v) is 8.87. The number of hydrogen-bond acceptors (Lipinski definition) is 5. The molecule has 6 nitrogen and oxygen atoms in total. The molecule has 1 amide bonds. The second kappa shape index (κ2) is 7.49. The number of carbonyl (C=O) groups is 1. The summed E-state index contributed by atoms with van der Waals surface area (Å²) in [5.74, 6) is 0.768. The summed E-state index contributed by atoms with van der Waals surface area (Å²) >= 11 is 9.41. The lowest BCUT2D eigenvalue weighted by molar-refractivity contribution is 0.135. The minimum atomic E-state index is -0.614. The Morgan fingerprint density at radius 3 is 2.96 bits per heavy atom. The van der Waals surface area contributed by atoms with Crippen LogP contribution >= 0.6 is 27.5 Å². The standard InChI is InChI=1S/C17H16BrClN2O4/c1-9-15(16(25-21-9)13-7-8-14(18)24-13)20-17(22)23-10(2)11-5-3-4-6-12(11)19/h4,6-8,10H,3,5H2,1-2H3,(H,20,22). The summed E-state index contributed by atoms with van der Waals surface area (Å²) in [5, 5.41) is 7.17. The molecule has 0 spiro atoms. The zero-order valence-corrected chi connectivity index (χ0v) is 16.0. The van der Waals surface area contributed by atoms with Gasteiger partial charge < -0.3 is 13.7 Å². The third kappa shape index (κ3) is 3.99. The van der Waals surface area contributed by atoms with Gasteiger partial charge in [-0.05, 0) is 66.4 Å². The lowest BCUT2D eigenvalue weighted by atomic mass is 10.0. The maximum atomic E-state index is 12.3. The first-order chi connectivity index (χ1) is 12.0. The van der Waals surface area contributed by atoms with Gasteiger partial charge in [0, 0.05) is 5.03 Å². The van der Waals surface area contributed by atoms with Crippen molar-refractivity contribution in [2.24, 2.45) is 0 Å². The summed E-state index contributed by atoms with van der Waals surface area (Å²) in [6.45, 7) is 3.51. The largest absolute Gasteiger partial charge is 0.446 e. The van der Waals surface area contributed by atoms with Crippen LogP contribution in [0.4, 0.5) is 10.5 Å². The van der Waals surface area contributed by atoms with Crippen molar-refractivity contribution in [1.82, 2.24) is 5.16 Å². The average Bonchev–Trinajstić information content (AvgIpc) is 3.14. The minimum Gasteiger partial charge on any atom is -0.446 e. The van der Waals surface area contributed by atoms with Crippen LogP contribution in [0.15, 0.2) is 48.5 Å². The number of allylic oxidation sites excluding steroid dienone is 3. The number of halogens is 2. The number of nitrogens with zero attached hydrogens (tertiary/aromatic N) is 1. The van der Waals surface area contributed by atoms with E-state index in [1.54, 1.807) is 26.0 Å². The van der Waals surface area contributed by atoms with Gasteiger partial charge >= 0.3 is 6.09 Å². The van der Waals surface area contributed by atoms with Gasteiger partial charge in [-0.1, -0.05) is 22.8 Å². The minimum absolute atomic E-state index is 0.325. The van der Waals surface area contributed by atoms with E-state index < -0.39 is 12.2 Å². The first kappa shape index (κ1) is 17.8. The Balaban J connectivity index is 1.73. The van der Waals surface area contributed by atoms with Crippen LogP contribution in [0.3, 0.4) is 0 Å². The Bertz CT molecular complexity index is 853. The van der Waals surface area contributed by atoms with E-state index >= 15 is 0 Å². The second-order valence-corrected chi connectivity index (χ2v) is 6.75.